The Hall–Kier alpha value is -2.74. The van der Waals surface area contributed by atoms with E-state index in [0.717, 1.165) is 42.8 Å². The van der Waals surface area contributed by atoms with E-state index in [2.05, 4.69) is 19.9 Å². The second kappa shape index (κ2) is 7.35. The topological polar surface area (TPSA) is 70.2 Å². The van der Waals surface area contributed by atoms with Gasteiger partial charge in [0.15, 0.2) is 11.6 Å². The first-order valence-electron chi connectivity index (χ1n) is 9.83. The van der Waals surface area contributed by atoms with Crippen LogP contribution in [0, 0.1) is 5.82 Å². The lowest BCUT2D eigenvalue weighted by Crippen LogP contribution is -2.39. The van der Waals surface area contributed by atoms with Crippen molar-refractivity contribution in [2.24, 2.45) is 0 Å². The molecule has 0 radical (unpaired) electrons. The van der Waals surface area contributed by atoms with Crippen LogP contribution in [0.1, 0.15) is 24.6 Å². The number of nitrogens with zero attached hydrogens (tertiary/aromatic N) is 5. The molecule has 5 rings (SSSR count). The maximum Gasteiger partial charge on any atom is 0.227 e. The number of aromatic amines is 1. The van der Waals surface area contributed by atoms with Gasteiger partial charge in [-0.2, -0.15) is 4.98 Å². The Morgan fingerprint density at radius 2 is 1.93 bits per heavy atom. The number of halogens is 1. The number of anilines is 2. The number of nitrogens with one attached hydrogen (secondary N) is 1. The molecule has 0 bridgehead atoms. The minimum atomic E-state index is -0.378. The Bertz CT molecular complexity index is 937. The van der Waals surface area contributed by atoms with Crippen LogP contribution in [0.25, 0.3) is 11.0 Å². The first-order valence-corrected chi connectivity index (χ1v) is 9.83. The Balaban J connectivity index is 1.38. The molecule has 2 aliphatic rings. The fourth-order valence-electron chi connectivity index (χ4n) is 4.05. The van der Waals surface area contributed by atoms with Crippen LogP contribution in [0.3, 0.4) is 0 Å². The zero-order valence-electron chi connectivity index (χ0n) is 15.6. The van der Waals surface area contributed by atoms with Crippen molar-refractivity contribution < 1.29 is 9.13 Å². The van der Waals surface area contributed by atoms with Gasteiger partial charge in [0.25, 0.3) is 0 Å². The quantitative estimate of drug-likeness (QED) is 0.751. The largest absolute Gasteiger partial charge is 0.378 e. The van der Waals surface area contributed by atoms with E-state index in [1.165, 1.54) is 6.20 Å². The number of hydrogen-bond acceptors (Lipinski definition) is 6. The highest BCUT2D eigenvalue weighted by atomic mass is 19.1. The molecule has 2 fully saturated rings. The SMILES string of the molecule is Fc1cnc(N2CCCC(c3nc4ccccc4[nH]3)C2)nc1N1CCOCC1. The molecule has 0 aliphatic carbocycles. The lowest BCUT2D eigenvalue weighted by Gasteiger charge is -2.33. The highest BCUT2D eigenvalue weighted by Gasteiger charge is 2.27. The number of fused-ring (bicyclic) bond motifs is 1. The molecule has 2 aliphatic heterocycles. The zero-order valence-corrected chi connectivity index (χ0v) is 15.6. The standard InChI is InChI=1S/C20H23FN6O/c21-15-12-22-20(25-19(15)26-8-10-28-11-9-26)27-7-3-4-14(13-27)18-23-16-5-1-2-6-17(16)24-18/h1-2,5-6,12,14H,3-4,7-11,13H2,(H,23,24). The first-order chi connectivity index (χ1) is 13.8. The Morgan fingerprint density at radius 3 is 2.79 bits per heavy atom. The fourth-order valence-corrected chi connectivity index (χ4v) is 4.05. The van der Waals surface area contributed by atoms with E-state index in [1.807, 2.05) is 29.2 Å². The summed E-state index contributed by atoms with van der Waals surface area (Å²) in [4.78, 5) is 21.1. The van der Waals surface area contributed by atoms with Gasteiger partial charge in [0.05, 0.1) is 30.4 Å². The van der Waals surface area contributed by atoms with Crippen LogP contribution in [0.4, 0.5) is 16.2 Å². The molecule has 1 aromatic carbocycles. The molecule has 4 heterocycles. The molecule has 8 heteroatoms. The monoisotopic (exact) mass is 382 g/mol. The first kappa shape index (κ1) is 17.4. The van der Waals surface area contributed by atoms with Crippen molar-refractivity contribution in [1.29, 1.82) is 0 Å². The van der Waals surface area contributed by atoms with Crippen LogP contribution >= 0.6 is 0 Å². The summed E-state index contributed by atoms with van der Waals surface area (Å²) >= 11 is 0. The molecule has 1 atom stereocenters. The van der Waals surface area contributed by atoms with E-state index >= 15 is 0 Å². The molecule has 0 spiro atoms. The highest BCUT2D eigenvalue weighted by Crippen LogP contribution is 2.29. The van der Waals surface area contributed by atoms with E-state index in [9.17, 15) is 4.39 Å². The van der Waals surface area contributed by atoms with Crippen molar-refractivity contribution in [2.75, 3.05) is 49.2 Å². The number of benzene rings is 1. The number of morpholine rings is 1. The molecule has 1 unspecified atom stereocenters. The van der Waals surface area contributed by atoms with E-state index in [4.69, 9.17) is 9.72 Å². The van der Waals surface area contributed by atoms with Crippen molar-refractivity contribution in [3.63, 3.8) is 0 Å². The smallest absolute Gasteiger partial charge is 0.227 e. The lowest BCUT2D eigenvalue weighted by atomic mass is 9.97. The average Bonchev–Trinajstić information content (AvgIpc) is 3.19. The summed E-state index contributed by atoms with van der Waals surface area (Å²) < 4.78 is 19.7. The normalized spacial score (nSPS) is 20.7. The van der Waals surface area contributed by atoms with E-state index < -0.39 is 0 Å². The van der Waals surface area contributed by atoms with E-state index in [1.54, 1.807) is 0 Å². The number of H-pyrrole nitrogens is 1. The molecule has 0 amide bonds. The summed E-state index contributed by atoms with van der Waals surface area (Å²) in [6.45, 7) is 4.12. The van der Waals surface area contributed by atoms with E-state index in [-0.39, 0.29) is 11.7 Å². The Morgan fingerprint density at radius 1 is 1.07 bits per heavy atom. The van der Waals surface area contributed by atoms with Gasteiger partial charge in [-0.25, -0.2) is 14.4 Å². The summed E-state index contributed by atoms with van der Waals surface area (Å²) in [6.07, 6.45) is 3.38. The van der Waals surface area contributed by atoms with Crippen LogP contribution in [0.2, 0.25) is 0 Å². The van der Waals surface area contributed by atoms with Gasteiger partial charge < -0.3 is 19.5 Å². The third-order valence-electron chi connectivity index (χ3n) is 5.52. The van der Waals surface area contributed by atoms with Crippen LogP contribution < -0.4 is 9.80 Å². The van der Waals surface area contributed by atoms with Crippen LogP contribution in [0.5, 0.6) is 0 Å². The summed E-state index contributed by atoms with van der Waals surface area (Å²) in [5.74, 6) is 1.86. The van der Waals surface area contributed by atoms with Crippen molar-refractivity contribution >= 4 is 22.8 Å². The van der Waals surface area contributed by atoms with Gasteiger partial charge >= 0.3 is 0 Å². The number of rotatable bonds is 3. The average molecular weight is 382 g/mol. The van der Waals surface area contributed by atoms with Gasteiger partial charge in [0.1, 0.15) is 5.82 Å². The van der Waals surface area contributed by atoms with Crippen LogP contribution in [-0.4, -0.2) is 59.3 Å². The maximum absolute atomic E-state index is 14.3. The zero-order chi connectivity index (χ0) is 18.9. The third kappa shape index (κ3) is 3.28. The summed E-state index contributed by atoms with van der Waals surface area (Å²) in [5.41, 5.74) is 2.05. The van der Waals surface area contributed by atoms with Crippen molar-refractivity contribution in [3.8, 4) is 0 Å². The molecule has 146 valence electrons. The molecule has 2 aromatic heterocycles. The molecule has 2 saturated heterocycles. The molecule has 0 saturated carbocycles. The number of hydrogen-bond donors (Lipinski definition) is 1. The van der Waals surface area contributed by atoms with Crippen LogP contribution in [0.15, 0.2) is 30.5 Å². The third-order valence-corrected chi connectivity index (χ3v) is 5.52. The molecule has 7 nitrogen and oxygen atoms in total. The highest BCUT2D eigenvalue weighted by molar-refractivity contribution is 5.74. The number of piperidine rings is 1. The molecule has 28 heavy (non-hydrogen) atoms. The molecular formula is C20H23FN6O. The predicted molar refractivity (Wildman–Crippen MR) is 105 cm³/mol. The lowest BCUT2D eigenvalue weighted by molar-refractivity contribution is 0.122. The Labute approximate surface area is 162 Å². The number of ether oxygens (including phenoxy) is 1. The summed E-state index contributed by atoms with van der Waals surface area (Å²) in [5, 5.41) is 0. The van der Waals surface area contributed by atoms with Gasteiger partial charge in [-0.05, 0) is 25.0 Å². The Kier molecular flexibility index (Phi) is 4.56. The van der Waals surface area contributed by atoms with Gasteiger partial charge in [-0.1, -0.05) is 12.1 Å². The van der Waals surface area contributed by atoms with Gasteiger partial charge in [0, 0.05) is 32.1 Å². The second-order valence-electron chi connectivity index (χ2n) is 7.37. The fraction of sp³-hybridized carbons (Fsp3) is 0.450. The van der Waals surface area contributed by atoms with Crippen molar-refractivity contribution in [2.45, 2.75) is 18.8 Å². The van der Waals surface area contributed by atoms with Crippen molar-refractivity contribution in [1.82, 2.24) is 19.9 Å². The molecular weight excluding hydrogens is 359 g/mol. The molecule has 1 N–H and O–H groups in total. The number of aromatic nitrogens is 4. The van der Waals surface area contributed by atoms with Gasteiger partial charge in [-0.15, -0.1) is 0 Å². The van der Waals surface area contributed by atoms with Gasteiger partial charge in [-0.3, -0.25) is 0 Å². The minimum Gasteiger partial charge on any atom is -0.378 e. The minimum absolute atomic E-state index is 0.279. The van der Waals surface area contributed by atoms with Crippen LogP contribution in [-0.2, 0) is 4.74 Å². The van der Waals surface area contributed by atoms with E-state index in [0.29, 0.717) is 38.1 Å². The number of para-hydroxylation sites is 2. The number of imidazole rings is 1. The van der Waals surface area contributed by atoms with Crippen molar-refractivity contribution in [3.05, 3.63) is 42.1 Å². The second-order valence-corrected chi connectivity index (χ2v) is 7.37. The van der Waals surface area contributed by atoms with Gasteiger partial charge in [0.2, 0.25) is 5.95 Å². The predicted octanol–water partition coefficient (Wildman–Crippen LogP) is 2.71. The summed E-state index contributed by atoms with van der Waals surface area (Å²) in [6, 6.07) is 8.08. The maximum atomic E-state index is 14.3. The molecule has 3 aromatic rings. The summed E-state index contributed by atoms with van der Waals surface area (Å²) in [7, 11) is 0.